The minimum absolute atomic E-state index is 0.0976. The second-order valence-electron chi connectivity index (χ2n) is 5.56. The smallest absolute Gasteiger partial charge is 0.307 e. The van der Waals surface area contributed by atoms with Crippen molar-refractivity contribution in [2.24, 2.45) is 5.92 Å². The molecule has 1 aromatic heterocycles. The highest BCUT2D eigenvalue weighted by Gasteiger charge is 2.43. The van der Waals surface area contributed by atoms with Gasteiger partial charge in [-0.05, 0) is 37.0 Å². The van der Waals surface area contributed by atoms with E-state index in [0.717, 1.165) is 5.56 Å². The maximum absolute atomic E-state index is 11.9. The number of aromatic nitrogens is 1. The van der Waals surface area contributed by atoms with Gasteiger partial charge < -0.3 is 14.9 Å². The monoisotopic (exact) mass is 300 g/mol. The third-order valence-corrected chi connectivity index (χ3v) is 3.75. The van der Waals surface area contributed by atoms with Crippen molar-refractivity contribution in [1.29, 1.82) is 0 Å². The molecule has 114 valence electrons. The van der Waals surface area contributed by atoms with Crippen molar-refractivity contribution in [3.8, 4) is 0 Å². The lowest BCUT2D eigenvalue weighted by Gasteiger charge is -2.05. The fourth-order valence-corrected chi connectivity index (χ4v) is 2.52. The summed E-state index contributed by atoms with van der Waals surface area (Å²) in [4.78, 5) is 22.8. The Labute approximate surface area is 127 Å². The average Bonchev–Trinajstić information content (AvgIpc) is 3.18. The van der Waals surface area contributed by atoms with Crippen LogP contribution in [0.5, 0.6) is 0 Å². The van der Waals surface area contributed by atoms with Crippen molar-refractivity contribution in [3.05, 3.63) is 47.3 Å². The topological polar surface area (TPSA) is 92.4 Å². The summed E-state index contributed by atoms with van der Waals surface area (Å²) >= 11 is 0. The number of aryl methyl sites for hydroxylation is 1. The van der Waals surface area contributed by atoms with E-state index in [-0.39, 0.29) is 24.2 Å². The molecule has 3 rings (SSSR count). The minimum Gasteiger partial charge on any atom is -0.481 e. The van der Waals surface area contributed by atoms with Gasteiger partial charge >= 0.3 is 5.97 Å². The molecule has 0 bridgehead atoms. The second-order valence-corrected chi connectivity index (χ2v) is 5.56. The average molecular weight is 300 g/mol. The van der Waals surface area contributed by atoms with Crippen molar-refractivity contribution in [2.45, 2.75) is 25.7 Å². The molecule has 0 saturated heterocycles. The quantitative estimate of drug-likeness (QED) is 0.884. The zero-order valence-electron chi connectivity index (χ0n) is 12.1. The summed E-state index contributed by atoms with van der Waals surface area (Å²) in [7, 11) is 0. The Hall–Kier alpha value is -2.63. The number of hydrogen-bond acceptors (Lipinski definition) is 4. The first-order chi connectivity index (χ1) is 10.5. The van der Waals surface area contributed by atoms with Crippen LogP contribution in [-0.4, -0.2) is 22.1 Å². The number of carboxylic acids is 1. The second kappa shape index (κ2) is 5.63. The molecule has 2 aromatic rings. The number of nitrogens with zero attached hydrogens (tertiary/aromatic N) is 1. The van der Waals surface area contributed by atoms with Crippen LogP contribution in [0, 0.1) is 12.8 Å². The number of amides is 1. The number of carbonyl (C=O) groups excluding carboxylic acids is 1. The zero-order valence-corrected chi connectivity index (χ0v) is 12.1. The van der Waals surface area contributed by atoms with Crippen molar-refractivity contribution < 1.29 is 19.2 Å². The maximum atomic E-state index is 11.9. The van der Waals surface area contributed by atoms with Gasteiger partial charge in [0.05, 0.1) is 18.0 Å². The van der Waals surface area contributed by atoms with Gasteiger partial charge in [-0.2, -0.15) is 0 Å². The first-order valence-corrected chi connectivity index (χ1v) is 7.08. The first-order valence-electron chi connectivity index (χ1n) is 7.08. The molecular weight excluding hydrogens is 284 g/mol. The van der Waals surface area contributed by atoms with Crippen molar-refractivity contribution in [3.63, 3.8) is 0 Å². The van der Waals surface area contributed by atoms with E-state index in [0.29, 0.717) is 23.6 Å². The Morgan fingerprint density at radius 1 is 1.36 bits per heavy atom. The molecule has 0 aliphatic heterocycles. The molecule has 1 amide bonds. The molecular formula is C16H16N2O4. The van der Waals surface area contributed by atoms with Crippen LogP contribution in [0.25, 0.3) is 0 Å². The van der Waals surface area contributed by atoms with Gasteiger partial charge in [-0.25, -0.2) is 0 Å². The summed E-state index contributed by atoms with van der Waals surface area (Å²) in [6.07, 6.45) is 0.843. The van der Waals surface area contributed by atoms with Crippen molar-refractivity contribution in [1.82, 2.24) is 5.16 Å². The number of anilines is 1. The Balaban J connectivity index is 1.57. The van der Waals surface area contributed by atoms with E-state index in [1.807, 2.05) is 12.1 Å². The number of hydrogen-bond donors (Lipinski definition) is 2. The van der Waals surface area contributed by atoms with Crippen LogP contribution < -0.4 is 5.32 Å². The molecule has 2 N–H and O–H groups in total. The highest BCUT2D eigenvalue weighted by atomic mass is 16.5. The van der Waals surface area contributed by atoms with Crippen LogP contribution in [0.15, 0.2) is 34.9 Å². The van der Waals surface area contributed by atoms with Crippen molar-refractivity contribution in [2.75, 3.05) is 5.32 Å². The van der Waals surface area contributed by atoms with Crippen LogP contribution in [0.2, 0.25) is 0 Å². The number of carbonyl (C=O) groups is 2. The van der Waals surface area contributed by atoms with Gasteiger partial charge in [0.2, 0.25) is 5.91 Å². The molecule has 0 unspecified atom stereocenters. The molecule has 0 radical (unpaired) electrons. The number of benzene rings is 1. The third-order valence-electron chi connectivity index (χ3n) is 3.75. The van der Waals surface area contributed by atoms with Crippen LogP contribution in [0.3, 0.4) is 0 Å². The predicted octanol–water partition coefficient (Wildman–Crippen LogP) is 2.35. The normalized spacial score (nSPS) is 19.7. The molecule has 0 spiro atoms. The summed E-state index contributed by atoms with van der Waals surface area (Å²) in [5.74, 6) is -0.415. The summed E-state index contributed by atoms with van der Waals surface area (Å²) in [6, 6.07) is 9.03. The SMILES string of the molecule is Cc1cc(CC(=O)Nc2ccc([C@@H]3C[C@H]3C(=O)O)cc2)no1. The van der Waals surface area contributed by atoms with E-state index < -0.39 is 5.97 Å². The molecule has 2 atom stereocenters. The highest BCUT2D eigenvalue weighted by Crippen LogP contribution is 2.47. The number of rotatable bonds is 5. The number of aliphatic carboxylic acids is 1. The predicted molar refractivity (Wildman–Crippen MR) is 78.5 cm³/mol. The van der Waals surface area contributed by atoms with Gasteiger partial charge in [0, 0.05) is 11.8 Å². The maximum Gasteiger partial charge on any atom is 0.307 e. The van der Waals surface area contributed by atoms with Crippen LogP contribution in [-0.2, 0) is 16.0 Å². The molecule has 1 aromatic carbocycles. The van der Waals surface area contributed by atoms with Gasteiger partial charge in [-0.15, -0.1) is 0 Å². The fraction of sp³-hybridized carbons (Fsp3) is 0.312. The molecule has 1 saturated carbocycles. The largest absolute Gasteiger partial charge is 0.481 e. The van der Waals surface area contributed by atoms with E-state index in [4.69, 9.17) is 9.63 Å². The molecule has 6 heteroatoms. The number of nitrogens with one attached hydrogen (secondary N) is 1. The Morgan fingerprint density at radius 3 is 2.64 bits per heavy atom. The Bertz CT molecular complexity index is 705. The van der Waals surface area contributed by atoms with Gasteiger partial charge in [0.1, 0.15) is 5.76 Å². The lowest BCUT2D eigenvalue weighted by molar-refractivity contribution is -0.138. The summed E-state index contributed by atoms with van der Waals surface area (Å²) in [5, 5.41) is 15.5. The minimum atomic E-state index is -0.745. The van der Waals surface area contributed by atoms with Gasteiger partial charge in [0.15, 0.2) is 0 Å². The first kappa shape index (κ1) is 14.3. The lowest BCUT2D eigenvalue weighted by Crippen LogP contribution is -2.14. The van der Waals surface area contributed by atoms with Gasteiger partial charge in [-0.1, -0.05) is 17.3 Å². The molecule has 22 heavy (non-hydrogen) atoms. The Morgan fingerprint density at radius 2 is 2.09 bits per heavy atom. The van der Waals surface area contributed by atoms with Gasteiger partial charge in [0.25, 0.3) is 0 Å². The molecule has 6 nitrogen and oxygen atoms in total. The summed E-state index contributed by atoms with van der Waals surface area (Å²) in [5.41, 5.74) is 2.27. The lowest BCUT2D eigenvalue weighted by atomic mass is 10.1. The van der Waals surface area contributed by atoms with Crippen LogP contribution in [0.4, 0.5) is 5.69 Å². The van der Waals surface area contributed by atoms with E-state index in [2.05, 4.69) is 10.5 Å². The number of carboxylic acid groups (broad SMARTS) is 1. The van der Waals surface area contributed by atoms with Crippen molar-refractivity contribution >= 4 is 17.6 Å². The summed E-state index contributed by atoms with van der Waals surface area (Å²) in [6.45, 7) is 1.77. The van der Waals surface area contributed by atoms with Gasteiger partial charge in [-0.3, -0.25) is 9.59 Å². The molecule has 1 aliphatic carbocycles. The van der Waals surface area contributed by atoms with E-state index >= 15 is 0 Å². The van der Waals surface area contributed by atoms with Crippen LogP contribution in [0.1, 0.15) is 29.4 Å². The third kappa shape index (κ3) is 3.16. The van der Waals surface area contributed by atoms with E-state index in [9.17, 15) is 9.59 Å². The standard InChI is InChI=1S/C16H16N2O4/c1-9-6-12(18-22-9)7-15(19)17-11-4-2-10(3-5-11)13-8-14(13)16(20)21/h2-6,13-14H,7-8H2,1H3,(H,17,19)(H,20,21)/t13-,14+/m0/s1. The Kier molecular flexibility index (Phi) is 3.66. The zero-order chi connectivity index (χ0) is 15.7. The molecule has 1 aliphatic rings. The molecule has 1 heterocycles. The van der Waals surface area contributed by atoms with Crippen LogP contribution >= 0.6 is 0 Å². The van der Waals surface area contributed by atoms with E-state index in [1.165, 1.54) is 0 Å². The molecule has 1 fully saturated rings. The van der Waals surface area contributed by atoms with E-state index in [1.54, 1.807) is 25.1 Å². The summed E-state index contributed by atoms with van der Waals surface area (Å²) < 4.78 is 4.92. The fourth-order valence-electron chi connectivity index (χ4n) is 2.52. The highest BCUT2D eigenvalue weighted by molar-refractivity contribution is 5.92.